The summed E-state index contributed by atoms with van der Waals surface area (Å²) in [6.07, 6.45) is 3.65. The molecular weight excluding hydrogens is 214 g/mol. The Bertz CT molecular complexity index is 382. The quantitative estimate of drug-likeness (QED) is 0.627. The van der Waals surface area contributed by atoms with Gasteiger partial charge in [-0.15, -0.1) is 0 Å². The highest BCUT2D eigenvalue weighted by atomic mass is 16.5. The standard InChI is InChI=1S/C14H19NO2/c1-4-5-11-17-13(16)14(2,3)15-12-9-7-6-8-10-12/h4-10,15H,11H2,1-3H3/b5-4+. The Balaban J connectivity index is 2.58. The molecule has 0 aromatic heterocycles. The second-order valence-corrected chi connectivity index (χ2v) is 4.28. The Morgan fingerprint density at radius 1 is 1.35 bits per heavy atom. The van der Waals surface area contributed by atoms with Gasteiger partial charge in [0.1, 0.15) is 12.1 Å². The van der Waals surface area contributed by atoms with Crippen LogP contribution in [0.4, 0.5) is 5.69 Å². The highest BCUT2D eigenvalue weighted by Crippen LogP contribution is 2.15. The molecule has 0 saturated carbocycles. The summed E-state index contributed by atoms with van der Waals surface area (Å²) in [5.41, 5.74) is 0.170. The Morgan fingerprint density at radius 3 is 2.59 bits per heavy atom. The first-order valence-electron chi connectivity index (χ1n) is 5.68. The Hall–Kier alpha value is -1.77. The zero-order chi connectivity index (χ0) is 12.7. The van der Waals surface area contributed by atoms with Crippen molar-refractivity contribution in [2.75, 3.05) is 11.9 Å². The van der Waals surface area contributed by atoms with E-state index in [1.54, 1.807) is 19.9 Å². The number of para-hydroxylation sites is 1. The van der Waals surface area contributed by atoms with Gasteiger partial charge in [0, 0.05) is 5.69 Å². The van der Waals surface area contributed by atoms with Crippen LogP contribution in [0.15, 0.2) is 42.5 Å². The lowest BCUT2D eigenvalue weighted by Gasteiger charge is -2.25. The van der Waals surface area contributed by atoms with Crippen molar-refractivity contribution in [2.24, 2.45) is 0 Å². The molecular formula is C14H19NO2. The maximum absolute atomic E-state index is 11.8. The number of carbonyl (C=O) groups is 1. The van der Waals surface area contributed by atoms with Crippen molar-refractivity contribution in [1.82, 2.24) is 0 Å². The molecule has 17 heavy (non-hydrogen) atoms. The van der Waals surface area contributed by atoms with Gasteiger partial charge in [-0.1, -0.05) is 30.4 Å². The number of hydrogen-bond acceptors (Lipinski definition) is 3. The van der Waals surface area contributed by atoms with Gasteiger partial charge in [-0.3, -0.25) is 0 Å². The van der Waals surface area contributed by atoms with Crippen LogP contribution in [0.25, 0.3) is 0 Å². The van der Waals surface area contributed by atoms with Gasteiger partial charge in [0.15, 0.2) is 0 Å². The fourth-order valence-corrected chi connectivity index (χ4v) is 1.33. The zero-order valence-electron chi connectivity index (χ0n) is 10.6. The summed E-state index contributed by atoms with van der Waals surface area (Å²) in [6, 6.07) is 9.61. The third-order valence-corrected chi connectivity index (χ3v) is 2.29. The third-order valence-electron chi connectivity index (χ3n) is 2.29. The van der Waals surface area contributed by atoms with Crippen molar-refractivity contribution in [3.05, 3.63) is 42.5 Å². The minimum Gasteiger partial charge on any atom is -0.460 e. The van der Waals surface area contributed by atoms with Gasteiger partial charge in [0.25, 0.3) is 0 Å². The summed E-state index contributed by atoms with van der Waals surface area (Å²) in [4.78, 5) is 11.8. The molecule has 3 heteroatoms. The fourth-order valence-electron chi connectivity index (χ4n) is 1.33. The van der Waals surface area contributed by atoms with Crippen molar-refractivity contribution in [2.45, 2.75) is 26.3 Å². The van der Waals surface area contributed by atoms with E-state index in [-0.39, 0.29) is 5.97 Å². The second-order valence-electron chi connectivity index (χ2n) is 4.28. The van der Waals surface area contributed by atoms with Crippen LogP contribution in [0.5, 0.6) is 0 Å². The molecule has 0 aliphatic rings. The number of allylic oxidation sites excluding steroid dienone is 1. The highest BCUT2D eigenvalue weighted by Gasteiger charge is 2.28. The maximum atomic E-state index is 11.8. The number of anilines is 1. The van der Waals surface area contributed by atoms with Crippen molar-refractivity contribution < 1.29 is 9.53 Å². The molecule has 0 unspecified atom stereocenters. The molecule has 0 amide bonds. The fraction of sp³-hybridized carbons (Fsp3) is 0.357. The van der Waals surface area contributed by atoms with Crippen LogP contribution in [0.1, 0.15) is 20.8 Å². The number of carbonyl (C=O) groups excluding carboxylic acids is 1. The van der Waals surface area contributed by atoms with Crippen LogP contribution in [-0.2, 0) is 9.53 Å². The van der Waals surface area contributed by atoms with Crippen LogP contribution in [-0.4, -0.2) is 18.1 Å². The first kappa shape index (κ1) is 13.3. The van der Waals surface area contributed by atoms with Gasteiger partial charge in [-0.25, -0.2) is 4.79 Å². The van der Waals surface area contributed by atoms with Gasteiger partial charge in [0.2, 0.25) is 0 Å². The lowest BCUT2D eigenvalue weighted by molar-refractivity contribution is -0.146. The summed E-state index contributed by atoms with van der Waals surface area (Å²) in [5.74, 6) is -0.264. The second kappa shape index (κ2) is 6.09. The molecule has 0 heterocycles. The monoisotopic (exact) mass is 233 g/mol. The van der Waals surface area contributed by atoms with Gasteiger partial charge < -0.3 is 10.1 Å². The predicted octanol–water partition coefficient (Wildman–Crippen LogP) is 3.00. The zero-order valence-corrected chi connectivity index (χ0v) is 10.6. The van der Waals surface area contributed by atoms with Gasteiger partial charge in [-0.2, -0.15) is 0 Å². The summed E-state index contributed by atoms with van der Waals surface area (Å²) in [7, 11) is 0. The van der Waals surface area contributed by atoms with Gasteiger partial charge in [0.05, 0.1) is 0 Å². The van der Waals surface area contributed by atoms with Crippen LogP contribution in [0.3, 0.4) is 0 Å². The molecule has 0 atom stereocenters. The molecule has 0 aliphatic carbocycles. The number of rotatable bonds is 5. The van der Waals surface area contributed by atoms with E-state index >= 15 is 0 Å². The lowest BCUT2D eigenvalue weighted by Crippen LogP contribution is -2.41. The van der Waals surface area contributed by atoms with E-state index in [0.717, 1.165) is 5.69 Å². The molecule has 0 saturated heterocycles. The number of nitrogens with one attached hydrogen (secondary N) is 1. The largest absolute Gasteiger partial charge is 0.460 e. The smallest absolute Gasteiger partial charge is 0.331 e. The van der Waals surface area contributed by atoms with E-state index in [4.69, 9.17) is 4.74 Å². The SMILES string of the molecule is C/C=C/COC(=O)C(C)(C)Nc1ccccc1. The minimum absolute atomic E-state index is 0.264. The molecule has 1 aromatic carbocycles. The van der Waals surface area contributed by atoms with Crippen molar-refractivity contribution >= 4 is 11.7 Å². The molecule has 1 rings (SSSR count). The van der Waals surface area contributed by atoms with E-state index in [1.807, 2.05) is 43.3 Å². The van der Waals surface area contributed by atoms with E-state index in [0.29, 0.717) is 6.61 Å². The van der Waals surface area contributed by atoms with E-state index in [9.17, 15) is 4.79 Å². The van der Waals surface area contributed by atoms with Crippen molar-refractivity contribution in [1.29, 1.82) is 0 Å². The summed E-state index contributed by atoms with van der Waals surface area (Å²) >= 11 is 0. The molecule has 3 nitrogen and oxygen atoms in total. The predicted molar refractivity (Wildman–Crippen MR) is 69.9 cm³/mol. The third kappa shape index (κ3) is 4.31. The van der Waals surface area contributed by atoms with Crippen molar-refractivity contribution in [3.8, 4) is 0 Å². The molecule has 1 aromatic rings. The average Bonchev–Trinajstić information content (AvgIpc) is 2.30. The molecule has 1 N–H and O–H groups in total. The molecule has 0 bridgehead atoms. The topological polar surface area (TPSA) is 38.3 Å². The number of ether oxygens (including phenoxy) is 1. The van der Waals surface area contributed by atoms with Crippen LogP contribution in [0, 0.1) is 0 Å². The van der Waals surface area contributed by atoms with Crippen LogP contribution in [0.2, 0.25) is 0 Å². The number of benzene rings is 1. The lowest BCUT2D eigenvalue weighted by atomic mass is 10.1. The van der Waals surface area contributed by atoms with Gasteiger partial charge in [-0.05, 0) is 32.9 Å². The molecule has 92 valence electrons. The summed E-state index contributed by atoms with van der Waals surface area (Å²) < 4.78 is 5.13. The molecule has 0 spiro atoms. The first-order valence-corrected chi connectivity index (χ1v) is 5.68. The van der Waals surface area contributed by atoms with Gasteiger partial charge >= 0.3 is 5.97 Å². The van der Waals surface area contributed by atoms with Crippen molar-refractivity contribution in [3.63, 3.8) is 0 Å². The number of esters is 1. The Kier molecular flexibility index (Phi) is 4.76. The van der Waals surface area contributed by atoms with Crippen LogP contribution >= 0.6 is 0 Å². The average molecular weight is 233 g/mol. The normalized spacial score (nSPS) is 11.5. The highest BCUT2D eigenvalue weighted by molar-refractivity contribution is 5.83. The summed E-state index contributed by atoms with van der Waals surface area (Å²) in [6.45, 7) is 5.81. The first-order chi connectivity index (χ1) is 8.06. The molecule has 0 radical (unpaired) electrons. The van der Waals surface area contributed by atoms with E-state index in [1.165, 1.54) is 0 Å². The van der Waals surface area contributed by atoms with E-state index < -0.39 is 5.54 Å². The molecule has 0 fully saturated rings. The molecule has 0 aliphatic heterocycles. The van der Waals surface area contributed by atoms with Crippen LogP contribution < -0.4 is 5.32 Å². The maximum Gasteiger partial charge on any atom is 0.331 e. The minimum atomic E-state index is -0.733. The van der Waals surface area contributed by atoms with E-state index in [2.05, 4.69) is 5.32 Å². The summed E-state index contributed by atoms with van der Waals surface area (Å²) in [5, 5.41) is 3.15. The Morgan fingerprint density at radius 2 is 2.00 bits per heavy atom. The Labute approximate surface area is 102 Å². The number of hydrogen-bond donors (Lipinski definition) is 1.